The summed E-state index contributed by atoms with van der Waals surface area (Å²) in [6, 6.07) is 8.24. The Labute approximate surface area is 118 Å². The molecule has 0 saturated heterocycles. The molecular formula is C14H23BrNO2+. The van der Waals surface area contributed by atoms with Crippen molar-refractivity contribution in [3.05, 3.63) is 28.7 Å². The van der Waals surface area contributed by atoms with Gasteiger partial charge in [-0.1, -0.05) is 29.8 Å². The zero-order chi connectivity index (χ0) is 13.4. The summed E-state index contributed by atoms with van der Waals surface area (Å²) in [4.78, 5) is 0. The number of halogens is 1. The van der Waals surface area contributed by atoms with Crippen molar-refractivity contribution < 1.29 is 15.2 Å². The number of aliphatic hydroxyl groups excluding tert-OH is 1. The first-order chi connectivity index (χ1) is 8.65. The molecule has 3 nitrogen and oxygen atoms in total. The van der Waals surface area contributed by atoms with Gasteiger partial charge in [-0.3, -0.25) is 0 Å². The first kappa shape index (κ1) is 15.5. The fourth-order valence-electron chi connectivity index (χ4n) is 1.76. The predicted molar refractivity (Wildman–Crippen MR) is 76.8 cm³/mol. The third-order valence-electron chi connectivity index (χ3n) is 3.05. The van der Waals surface area contributed by atoms with Gasteiger partial charge in [-0.05, 0) is 37.1 Å². The molecule has 3 N–H and O–H groups in total. The van der Waals surface area contributed by atoms with E-state index in [0.717, 1.165) is 23.1 Å². The Morgan fingerprint density at radius 1 is 1.22 bits per heavy atom. The molecule has 0 spiro atoms. The van der Waals surface area contributed by atoms with Crippen molar-refractivity contribution in [2.75, 3.05) is 13.2 Å². The Hall–Kier alpha value is -0.580. The second-order valence-corrected chi connectivity index (χ2v) is 5.38. The highest BCUT2D eigenvalue weighted by Crippen LogP contribution is 2.15. The van der Waals surface area contributed by atoms with E-state index in [1.165, 1.54) is 0 Å². The van der Waals surface area contributed by atoms with E-state index in [0.29, 0.717) is 19.2 Å². The van der Waals surface area contributed by atoms with Gasteiger partial charge in [0.2, 0.25) is 0 Å². The zero-order valence-corrected chi connectivity index (χ0v) is 12.7. The highest BCUT2D eigenvalue weighted by molar-refractivity contribution is 9.10. The van der Waals surface area contributed by atoms with Gasteiger partial charge in [0.25, 0.3) is 0 Å². The monoisotopic (exact) mass is 316 g/mol. The largest absolute Gasteiger partial charge is 0.491 e. The molecule has 0 fully saturated rings. The van der Waals surface area contributed by atoms with Crippen molar-refractivity contribution in [2.24, 2.45) is 0 Å². The topological polar surface area (TPSA) is 46.1 Å². The molecule has 0 radical (unpaired) electrons. The molecule has 102 valence electrons. The van der Waals surface area contributed by atoms with E-state index >= 15 is 0 Å². The molecule has 0 aromatic heterocycles. The highest BCUT2D eigenvalue weighted by Gasteiger charge is 2.11. The Bertz CT molecular complexity index is 325. The minimum Gasteiger partial charge on any atom is -0.491 e. The number of quaternary nitrogens is 1. The normalized spacial score (nSPS) is 12.7. The number of hydrogen-bond acceptors (Lipinski definition) is 2. The maximum Gasteiger partial charge on any atom is 0.137 e. The predicted octanol–water partition coefficient (Wildman–Crippen LogP) is 1.94. The van der Waals surface area contributed by atoms with Crippen LogP contribution >= 0.6 is 15.9 Å². The molecule has 0 heterocycles. The lowest BCUT2D eigenvalue weighted by atomic mass is 10.1. The quantitative estimate of drug-likeness (QED) is 0.770. The van der Waals surface area contributed by atoms with Gasteiger partial charge in [0.1, 0.15) is 25.0 Å². The van der Waals surface area contributed by atoms with Crippen LogP contribution in [0.25, 0.3) is 0 Å². The molecular weight excluding hydrogens is 294 g/mol. The Morgan fingerprint density at radius 3 is 2.39 bits per heavy atom. The van der Waals surface area contributed by atoms with Gasteiger partial charge in [0.05, 0.1) is 6.04 Å². The Morgan fingerprint density at radius 2 is 1.83 bits per heavy atom. The first-order valence-electron chi connectivity index (χ1n) is 6.55. The first-order valence-corrected chi connectivity index (χ1v) is 7.34. The van der Waals surface area contributed by atoms with Gasteiger partial charge in [0, 0.05) is 4.47 Å². The molecule has 18 heavy (non-hydrogen) atoms. The number of hydrogen-bond donors (Lipinski definition) is 2. The molecule has 1 aromatic carbocycles. The van der Waals surface area contributed by atoms with Crippen LogP contribution in [0.3, 0.4) is 0 Å². The van der Waals surface area contributed by atoms with Crippen molar-refractivity contribution in [1.29, 1.82) is 0 Å². The average Bonchev–Trinajstić information content (AvgIpc) is 2.39. The molecule has 0 amide bonds. The van der Waals surface area contributed by atoms with Crippen LogP contribution in [0.15, 0.2) is 28.7 Å². The van der Waals surface area contributed by atoms with Crippen molar-refractivity contribution >= 4 is 15.9 Å². The summed E-state index contributed by atoms with van der Waals surface area (Å²) in [6.07, 6.45) is 1.85. The SMILES string of the molecule is CCC(CC)[NH2+]C[C@@H](O)COc1ccc(Br)cc1. The van der Waals surface area contributed by atoms with Gasteiger partial charge in [0.15, 0.2) is 0 Å². The molecule has 0 aliphatic heterocycles. The second-order valence-electron chi connectivity index (χ2n) is 4.47. The number of rotatable bonds is 8. The summed E-state index contributed by atoms with van der Waals surface area (Å²) in [7, 11) is 0. The van der Waals surface area contributed by atoms with Crippen molar-refractivity contribution in [3.8, 4) is 5.75 Å². The molecule has 4 heteroatoms. The van der Waals surface area contributed by atoms with Crippen LogP contribution in [-0.4, -0.2) is 30.4 Å². The summed E-state index contributed by atoms with van der Waals surface area (Å²) in [6.45, 7) is 5.39. The van der Waals surface area contributed by atoms with Gasteiger partial charge < -0.3 is 15.2 Å². The summed E-state index contributed by atoms with van der Waals surface area (Å²) < 4.78 is 6.56. The molecule has 0 unspecified atom stereocenters. The summed E-state index contributed by atoms with van der Waals surface area (Å²) in [5, 5.41) is 12.0. The fraction of sp³-hybridized carbons (Fsp3) is 0.571. The summed E-state index contributed by atoms with van der Waals surface area (Å²) in [5.74, 6) is 0.791. The van der Waals surface area contributed by atoms with E-state index in [2.05, 4.69) is 35.1 Å². The second kappa shape index (κ2) is 8.51. The smallest absolute Gasteiger partial charge is 0.137 e. The van der Waals surface area contributed by atoms with Crippen molar-refractivity contribution in [1.82, 2.24) is 0 Å². The van der Waals surface area contributed by atoms with Gasteiger partial charge >= 0.3 is 0 Å². The minimum atomic E-state index is -0.422. The van der Waals surface area contributed by atoms with Gasteiger partial charge in [-0.15, -0.1) is 0 Å². The third-order valence-corrected chi connectivity index (χ3v) is 3.57. The van der Waals surface area contributed by atoms with Gasteiger partial charge in [-0.2, -0.15) is 0 Å². The van der Waals surface area contributed by atoms with E-state index < -0.39 is 6.10 Å². The van der Waals surface area contributed by atoms with Gasteiger partial charge in [-0.25, -0.2) is 0 Å². The summed E-state index contributed by atoms with van der Waals surface area (Å²) >= 11 is 3.37. The van der Waals surface area contributed by atoms with Crippen molar-refractivity contribution in [2.45, 2.75) is 38.8 Å². The lowest BCUT2D eigenvalue weighted by Gasteiger charge is -2.15. The number of ether oxygens (including phenoxy) is 1. The molecule has 0 saturated carbocycles. The van der Waals surface area contributed by atoms with Crippen LogP contribution in [0.2, 0.25) is 0 Å². The molecule has 1 rings (SSSR count). The van der Waals surface area contributed by atoms with Crippen LogP contribution in [0.1, 0.15) is 26.7 Å². The maximum absolute atomic E-state index is 9.84. The number of aliphatic hydroxyl groups is 1. The van der Waals surface area contributed by atoms with E-state index in [9.17, 15) is 5.11 Å². The molecule has 0 aliphatic carbocycles. The Kier molecular flexibility index (Phi) is 7.32. The standard InChI is InChI=1S/C14H22BrNO2/c1-3-12(4-2)16-9-13(17)10-18-14-7-5-11(15)6-8-14/h5-8,12-13,16-17H,3-4,9-10H2,1-2H3/p+1/t13-/m1/s1. The van der Waals surface area contributed by atoms with Crippen LogP contribution in [-0.2, 0) is 0 Å². The van der Waals surface area contributed by atoms with E-state index in [1.807, 2.05) is 24.3 Å². The molecule has 1 aromatic rings. The maximum atomic E-state index is 9.84. The lowest BCUT2D eigenvalue weighted by Crippen LogP contribution is -2.91. The summed E-state index contributed by atoms with van der Waals surface area (Å²) in [5.41, 5.74) is 0. The van der Waals surface area contributed by atoms with E-state index in [1.54, 1.807) is 0 Å². The molecule has 1 atom stereocenters. The zero-order valence-electron chi connectivity index (χ0n) is 11.1. The average molecular weight is 317 g/mol. The van der Waals surface area contributed by atoms with Crippen LogP contribution in [0.4, 0.5) is 0 Å². The van der Waals surface area contributed by atoms with E-state index in [4.69, 9.17) is 4.74 Å². The van der Waals surface area contributed by atoms with Crippen molar-refractivity contribution in [3.63, 3.8) is 0 Å². The number of benzene rings is 1. The molecule has 0 bridgehead atoms. The fourth-order valence-corrected chi connectivity index (χ4v) is 2.03. The third kappa shape index (κ3) is 5.85. The minimum absolute atomic E-state index is 0.346. The highest BCUT2D eigenvalue weighted by atomic mass is 79.9. The van der Waals surface area contributed by atoms with Crippen LogP contribution in [0.5, 0.6) is 5.75 Å². The lowest BCUT2D eigenvalue weighted by molar-refractivity contribution is -0.695. The van der Waals surface area contributed by atoms with Crippen LogP contribution < -0.4 is 10.1 Å². The van der Waals surface area contributed by atoms with Crippen LogP contribution in [0, 0.1) is 0 Å². The number of nitrogens with two attached hydrogens (primary N) is 1. The Balaban J connectivity index is 2.24. The van der Waals surface area contributed by atoms with E-state index in [-0.39, 0.29) is 0 Å². The molecule has 0 aliphatic rings.